The van der Waals surface area contributed by atoms with E-state index in [1.54, 1.807) is 6.07 Å². The molecule has 0 atom stereocenters. The zero-order valence-corrected chi connectivity index (χ0v) is 8.50. The van der Waals surface area contributed by atoms with E-state index < -0.39 is 0 Å². The molecule has 0 bridgehead atoms. The van der Waals surface area contributed by atoms with Gasteiger partial charge in [-0.25, -0.2) is 4.39 Å². The third kappa shape index (κ3) is 2.55. The van der Waals surface area contributed by atoms with Crippen molar-refractivity contribution >= 4 is 5.91 Å². The van der Waals surface area contributed by atoms with E-state index in [1.807, 2.05) is 6.07 Å². The molecule has 1 fully saturated rings. The van der Waals surface area contributed by atoms with Crippen LogP contribution >= 0.6 is 0 Å². The first kappa shape index (κ1) is 10.1. The lowest BCUT2D eigenvalue weighted by Gasteiger charge is -2.24. The van der Waals surface area contributed by atoms with Crippen LogP contribution in [0.1, 0.15) is 24.8 Å². The molecule has 1 aliphatic rings. The van der Waals surface area contributed by atoms with Gasteiger partial charge in [0.15, 0.2) is 0 Å². The zero-order chi connectivity index (χ0) is 10.7. The van der Waals surface area contributed by atoms with E-state index >= 15 is 0 Å². The fraction of sp³-hybridized carbons (Fsp3) is 0.417. The van der Waals surface area contributed by atoms with Gasteiger partial charge in [0, 0.05) is 12.5 Å². The van der Waals surface area contributed by atoms with Gasteiger partial charge in [-0.2, -0.15) is 0 Å². The van der Waals surface area contributed by atoms with Gasteiger partial charge < -0.3 is 5.32 Å². The number of halogens is 1. The second kappa shape index (κ2) is 4.43. The second-order valence-electron chi connectivity index (χ2n) is 3.98. The molecular formula is C12H14FNO. The minimum atomic E-state index is -0.259. The Balaban J connectivity index is 1.84. The molecule has 0 aliphatic heterocycles. The van der Waals surface area contributed by atoms with Crippen molar-refractivity contribution in [3.63, 3.8) is 0 Å². The van der Waals surface area contributed by atoms with Crippen LogP contribution in [0, 0.1) is 11.7 Å². The SMILES string of the molecule is O=C(NCc1cccc(F)c1)C1CCC1. The number of carbonyl (C=O) groups excluding carboxylic acids is 1. The molecule has 1 N–H and O–H groups in total. The summed E-state index contributed by atoms with van der Waals surface area (Å²) in [6, 6.07) is 6.31. The smallest absolute Gasteiger partial charge is 0.223 e. The molecule has 2 nitrogen and oxygen atoms in total. The number of hydrogen-bond donors (Lipinski definition) is 1. The lowest BCUT2D eigenvalue weighted by atomic mass is 9.85. The lowest BCUT2D eigenvalue weighted by Crippen LogP contribution is -2.33. The molecule has 0 unspecified atom stereocenters. The molecule has 1 aromatic carbocycles. The summed E-state index contributed by atoms with van der Waals surface area (Å²) in [7, 11) is 0. The minimum Gasteiger partial charge on any atom is -0.352 e. The van der Waals surface area contributed by atoms with E-state index in [1.165, 1.54) is 12.1 Å². The van der Waals surface area contributed by atoms with Gasteiger partial charge in [0.25, 0.3) is 0 Å². The molecule has 1 saturated carbocycles. The first-order valence-corrected chi connectivity index (χ1v) is 5.28. The van der Waals surface area contributed by atoms with E-state index in [0.717, 1.165) is 24.8 Å². The molecule has 80 valence electrons. The normalized spacial score (nSPS) is 15.8. The highest BCUT2D eigenvalue weighted by Crippen LogP contribution is 2.26. The van der Waals surface area contributed by atoms with Crippen LogP contribution in [0.25, 0.3) is 0 Å². The lowest BCUT2D eigenvalue weighted by molar-refractivity contribution is -0.127. The topological polar surface area (TPSA) is 29.1 Å². The van der Waals surface area contributed by atoms with E-state index in [0.29, 0.717) is 6.54 Å². The number of nitrogens with one attached hydrogen (secondary N) is 1. The van der Waals surface area contributed by atoms with E-state index in [2.05, 4.69) is 5.32 Å². The van der Waals surface area contributed by atoms with Crippen molar-refractivity contribution in [1.82, 2.24) is 5.32 Å². The summed E-state index contributed by atoms with van der Waals surface area (Å²) < 4.78 is 12.8. The molecule has 0 spiro atoms. The Morgan fingerprint density at radius 1 is 1.47 bits per heavy atom. The summed E-state index contributed by atoms with van der Waals surface area (Å²) in [5.41, 5.74) is 0.808. The van der Waals surface area contributed by atoms with Gasteiger partial charge in [-0.05, 0) is 30.5 Å². The number of rotatable bonds is 3. The summed E-state index contributed by atoms with van der Waals surface area (Å²) in [5, 5.41) is 2.82. The quantitative estimate of drug-likeness (QED) is 0.809. The van der Waals surface area contributed by atoms with Crippen LogP contribution in [0.3, 0.4) is 0 Å². The average molecular weight is 207 g/mol. The number of amides is 1. The Hall–Kier alpha value is -1.38. The summed E-state index contributed by atoms with van der Waals surface area (Å²) in [6.45, 7) is 0.424. The molecule has 2 rings (SSSR count). The summed E-state index contributed by atoms with van der Waals surface area (Å²) in [6.07, 6.45) is 3.14. The van der Waals surface area contributed by atoms with Gasteiger partial charge in [0.1, 0.15) is 5.82 Å². The molecule has 0 heterocycles. The summed E-state index contributed by atoms with van der Waals surface area (Å²) in [5.74, 6) is 0.0365. The maximum Gasteiger partial charge on any atom is 0.223 e. The standard InChI is InChI=1S/C12H14FNO/c13-11-6-1-3-9(7-11)8-14-12(15)10-4-2-5-10/h1,3,6-7,10H,2,4-5,8H2,(H,14,15). The van der Waals surface area contributed by atoms with Crippen LogP contribution in [0.4, 0.5) is 4.39 Å². The van der Waals surface area contributed by atoms with E-state index in [4.69, 9.17) is 0 Å². The number of benzene rings is 1. The Kier molecular flexibility index (Phi) is 2.99. The summed E-state index contributed by atoms with van der Waals surface area (Å²) in [4.78, 5) is 11.5. The van der Waals surface area contributed by atoms with Crippen molar-refractivity contribution in [1.29, 1.82) is 0 Å². The fourth-order valence-electron chi connectivity index (χ4n) is 1.65. The first-order chi connectivity index (χ1) is 7.25. The first-order valence-electron chi connectivity index (χ1n) is 5.28. The van der Waals surface area contributed by atoms with Crippen molar-refractivity contribution in [2.45, 2.75) is 25.8 Å². The van der Waals surface area contributed by atoms with Crippen molar-refractivity contribution in [2.24, 2.45) is 5.92 Å². The third-order valence-electron chi connectivity index (χ3n) is 2.83. The van der Waals surface area contributed by atoms with Gasteiger partial charge in [0.2, 0.25) is 5.91 Å². The monoisotopic (exact) mass is 207 g/mol. The molecule has 0 aromatic heterocycles. The van der Waals surface area contributed by atoms with E-state index in [9.17, 15) is 9.18 Å². The Morgan fingerprint density at radius 3 is 2.87 bits per heavy atom. The van der Waals surface area contributed by atoms with Gasteiger partial charge in [-0.15, -0.1) is 0 Å². The number of carbonyl (C=O) groups is 1. The van der Waals surface area contributed by atoms with Gasteiger partial charge in [-0.1, -0.05) is 18.6 Å². The second-order valence-corrected chi connectivity index (χ2v) is 3.98. The van der Waals surface area contributed by atoms with Gasteiger partial charge in [-0.3, -0.25) is 4.79 Å². The predicted octanol–water partition coefficient (Wildman–Crippen LogP) is 2.24. The highest BCUT2D eigenvalue weighted by Gasteiger charge is 2.24. The molecule has 1 aromatic rings. The Bertz CT molecular complexity index is 360. The highest BCUT2D eigenvalue weighted by molar-refractivity contribution is 5.79. The van der Waals surface area contributed by atoms with Crippen LogP contribution < -0.4 is 5.32 Å². The minimum absolute atomic E-state index is 0.102. The molecule has 15 heavy (non-hydrogen) atoms. The van der Waals surface area contributed by atoms with Crippen molar-refractivity contribution in [2.75, 3.05) is 0 Å². The average Bonchev–Trinajstić information content (AvgIpc) is 2.12. The Morgan fingerprint density at radius 2 is 2.27 bits per heavy atom. The maximum atomic E-state index is 12.8. The van der Waals surface area contributed by atoms with Crippen molar-refractivity contribution < 1.29 is 9.18 Å². The Labute approximate surface area is 88.5 Å². The largest absolute Gasteiger partial charge is 0.352 e. The van der Waals surface area contributed by atoms with Crippen LogP contribution in [0.2, 0.25) is 0 Å². The predicted molar refractivity (Wildman–Crippen MR) is 55.6 cm³/mol. The van der Waals surface area contributed by atoms with Crippen LogP contribution in [0.5, 0.6) is 0 Å². The molecule has 0 saturated heterocycles. The highest BCUT2D eigenvalue weighted by atomic mass is 19.1. The van der Waals surface area contributed by atoms with E-state index in [-0.39, 0.29) is 17.6 Å². The fourth-order valence-corrected chi connectivity index (χ4v) is 1.65. The van der Waals surface area contributed by atoms with Gasteiger partial charge in [0.05, 0.1) is 0 Å². The third-order valence-corrected chi connectivity index (χ3v) is 2.83. The van der Waals surface area contributed by atoms with Crippen molar-refractivity contribution in [3.8, 4) is 0 Å². The van der Waals surface area contributed by atoms with Gasteiger partial charge >= 0.3 is 0 Å². The molecule has 1 amide bonds. The maximum absolute atomic E-state index is 12.8. The van der Waals surface area contributed by atoms with Crippen LogP contribution in [0.15, 0.2) is 24.3 Å². The molecular weight excluding hydrogens is 193 g/mol. The van der Waals surface area contributed by atoms with Crippen molar-refractivity contribution in [3.05, 3.63) is 35.6 Å². The number of hydrogen-bond acceptors (Lipinski definition) is 1. The zero-order valence-electron chi connectivity index (χ0n) is 8.50. The molecule has 0 radical (unpaired) electrons. The van der Waals surface area contributed by atoms with Crippen LogP contribution in [-0.4, -0.2) is 5.91 Å². The van der Waals surface area contributed by atoms with Crippen LogP contribution in [-0.2, 0) is 11.3 Å². The molecule has 1 aliphatic carbocycles. The molecule has 3 heteroatoms. The summed E-state index contributed by atoms with van der Waals surface area (Å²) >= 11 is 0.